The molecule has 10 heteroatoms. The summed E-state index contributed by atoms with van der Waals surface area (Å²) in [6, 6.07) is 4.78. The fraction of sp³-hybridized carbons (Fsp3) is 0.633. The molecular formula is C30H42N8O2. The quantitative estimate of drug-likeness (QED) is 0.523. The molecule has 1 N–H and O–H groups in total. The highest BCUT2D eigenvalue weighted by atomic mass is 16.5. The van der Waals surface area contributed by atoms with Gasteiger partial charge in [0.05, 0.1) is 23.9 Å². The minimum Gasteiger partial charge on any atom is -0.365 e. The molecule has 2 atom stereocenters. The molecule has 2 aromatic heterocycles. The molecule has 7 rings (SSSR count). The number of anilines is 2. The van der Waals surface area contributed by atoms with E-state index in [1.54, 1.807) is 0 Å². The van der Waals surface area contributed by atoms with Gasteiger partial charge in [-0.1, -0.05) is 6.07 Å². The van der Waals surface area contributed by atoms with Gasteiger partial charge in [0, 0.05) is 68.6 Å². The molecule has 0 aliphatic carbocycles. The molecule has 40 heavy (non-hydrogen) atoms. The van der Waals surface area contributed by atoms with E-state index in [2.05, 4.69) is 50.8 Å². The predicted octanol–water partition coefficient (Wildman–Crippen LogP) is 2.67. The Morgan fingerprint density at radius 3 is 2.70 bits per heavy atom. The van der Waals surface area contributed by atoms with E-state index in [-0.39, 0.29) is 11.9 Å². The number of nitrogens with one attached hydrogen (secondary N) is 1. The first-order valence-electron chi connectivity index (χ1n) is 15.2. The molecule has 3 fully saturated rings. The van der Waals surface area contributed by atoms with Crippen LogP contribution >= 0.6 is 0 Å². The lowest BCUT2D eigenvalue weighted by atomic mass is 10.0. The number of aromatic nitrogens is 4. The lowest BCUT2D eigenvalue weighted by Crippen LogP contribution is -2.47. The lowest BCUT2D eigenvalue weighted by Gasteiger charge is -2.37. The van der Waals surface area contributed by atoms with Gasteiger partial charge in [-0.2, -0.15) is 10.1 Å². The summed E-state index contributed by atoms with van der Waals surface area (Å²) in [6.07, 6.45) is 8.50. The van der Waals surface area contributed by atoms with Crippen LogP contribution in [0.15, 0.2) is 23.1 Å². The van der Waals surface area contributed by atoms with Crippen molar-refractivity contribution in [3.05, 3.63) is 45.6 Å². The van der Waals surface area contributed by atoms with Crippen LogP contribution in [0.1, 0.15) is 55.2 Å². The number of piperazine rings is 1. The molecule has 0 radical (unpaired) electrons. The van der Waals surface area contributed by atoms with Gasteiger partial charge in [0.15, 0.2) is 6.23 Å². The number of hydrogen-bond donors (Lipinski definition) is 1. The van der Waals surface area contributed by atoms with Crippen molar-refractivity contribution >= 4 is 22.4 Å². The molecule has 4 aliphatic rings. The zero-order valence-electron chi connectivity index (χ0n) is 23.9. The first-order valence-corrected chi connectivity index (χ1v) is 15.2. The lowest BCUT2D eigenvalue weighted by molar-refractivity contribution is -0.0366. The highest BCUT2D eigenvalue weighted by molar-refractivity contribution is 5.94. The maximum Gasteiger partial charge on any atom is 0.349 e. The molecule has 6 heterocycles. The molecule has 3 saturated heterocycles. The van der Waals surface area contributed by atoms with Gasteiger partial charge < -0.3 is 24.8 Å². The summed E-state index contributed by atoms with van der Waals surface area (Å²) in [5.41, 5.74) is 5.88. The molecule has 0 saturated carbocycles. The average molecular weight is 547 g/mol. The molecule has 3 aromatic rings. The van der Waals surface area contributed by atoms with Gasteiger partial charge in [-0.25, -0.2) is 9.48 Å². The van der Waals surface area contributed by atoms with Crippen molar-refractivity contribution in [2.75, 3.05) is 62.7 Å². The van der Waals surface area contributed by atoms with E-state index >= 15 is 0 Å². The molecule has 10 nitrogen and oxygen atoms in total. The Kier molecular flexibility index (Phi) is 7.01. The largest absolute Gasteiger partial charge is 0.365 e. The second-order valence-electron chi connectivity index (χ2n) is 12.0. The Balaban J connectivity index is 1.29. The Morgan fingerprint density at radius 2 is 1.93 bits per heavy atom. The van der Waals surface area contributed by atoms with Gasteiger partial charge in [0.2, 0.25) is 0 Å². The van der Waals surface area contributed by atoms with Crippen LogP contribution in [0.3, 0.4) is 0 Å². The molecule has 0 bridgehead atoms. The van der Waals surface area contributed by atoms with Crippen molar-refractivity contribution in [3.8, 4) is 0 Å². The second kappa shape index (κ2) is 10.8. The summed E-state index contributed by atoms with van der Waals surface area (Å²) in [7, 11) is 2.18. The molecule has 0 amide bonds. The van der Waals surface area contributed by atoms with Gasteiger partial charge >= 0.3 is 5.69 Å². The monoisotopic (exact) mass is 546 g/mol. The van der Waals surface area contributed by atoms with E-state index < -0.39 is 0 Å². The second-order valence-corrected chi connectivity index (χ2v) is 12.0. The van der Waals surface area contributed by atoms with Gasteiger partial charge in [-0.05, 0) is 70.7 Å². The molecule has 214 valence electrons. The highest BCUT2D eigenvalue weighted by Crippen LogP contribution is 2.37. The smallest absolute Gasteiger partial charge is 0.349 e. The SMILES string of the molecule is Cc1ccc2c(cnn2C2CCCCO2)c1N1CCc2c(N3CCNCC3)nc(=O)n(CC3CCCN3C)c2C1. The third-order valence-corrected chi connectivity index (χ3v) is 9.53. The van der Waals surface area contributed by atoms with Crippen LogP contribution in [-0.2, 0) is 24.2 Å². The summed E-state index contributed by atoms with van der Waals surface area (Å²) < 4.78 is 10.2. The number of aryl methyl sites for hydroxylation is 1. The molecule has 0 spiro atoms. The van der Waals surface area contributed by atoms with Crippen LogP contribution in [0, 0.1) is 6.92 Å². The fourth-order valence-corrected chi connectivity index (χ4v) is 7.29. The maximum atomic E-state index is 13.7. The van der Waals surface area contributed by atoms with Crippen LogP contribution < -0.4 is 20.8 Å². The Bertz CT molecular complexity index is 1440. The fourth-order valence-electron chi connectivity index (χ4n) is 7.29. The van der Waals surface area contributed by atoms with Crippen molar-refractivity contribution < 1.29 is 4.74 Å². The van der Waals surface area contributed by atoms with E-state index in [1.807, 2.05) is 10.8 Å². The number of rotatable bonds is 5. The average Bonchev–Trinajstić information content (AvgIpc) is 3.60. The Hall–Kier alpha value is -2.95. The van der Waals surface area contributed by atoms with Crippen molar-refractivity contribution in [3.63, 3.8) is 0 Å². The minimum absolute atomic E-state index is 0.00475. The number of likely N-dealkylation sites (N-methyl/N-ethyl adjacent to an activating group) is 1. The van der Waals surface area contributed by atoms with Crippen LogP contribution in [0.5, 0.6) is 0 Å². The zero-order chi connectivity index (χ0) is 27.2. The van der Waals surface area contributed by atoms with E-state index in [4.69, 9.17) is 14.8 Å². The standard InChI is InChI=1S/C30H42N8O2/c1-21-8-9-25-24(18-32-38(25)27-7-3-4-17-40-27)28(21)36-14-10-23-26(20-36)37(19-22-6-5-13-34(22)2)30(39)33-29(23)35-15-11-31-12-16-35/h8-9,18,22,27,31H,3-7,10-17,19-20H2,1-2H3. The van der Waals surface area contributed by atoms with Gasteiger partial charge in [-0.3, -0.25) is 4.57 Å². The summed E-state index contributed by atoms with van der Waals surface area (Å²) in [5.74, 6) is 0.911. The van der Waals surface area contributed by atoms with Crippen molar-refractivity contribution in [2.24, 2.45) is 0 Å². The highest BCUT2D eigenvalue weighted by Gasteiger charge is 2.31. The van der Waals surface area contributed by atoms with Crippen molar-refractivity contribution in [1.29, 1.82) is 0 Å². The number of ether oxygens (including phenoxy) is 1. The zero-order valence-corrected chi connectivity index (χ0v) is 23.9. The first-order chi connectivity index (χ1) is 19.6. The summed E-state index contributed by atoms with van der Waals surface area (Å²) >= 11 is 0. The topological polar surface area (TPSA) is 83.7 Å². The summed E-state index contributed by atoms with van der Waals surface area (Å²) in [5, 5.41) is 9.43. The summed E-state index contributed by atoms with van der Waals surface area (Å²) in [6.45, 7) is 10.0. The van der Waals surface area contributed by atoms with Crippen molar-refractivity contribution in [2.45, 2.75) is 70.8 Å². The third-order valence-electron chi connectivity index (χ3n) is 9.53. The van der Waals surface area contributed by atoms with E-state index in [1.165, 1.54) is 35.0 Å². The van der Waals surface area contributed by atoms with E-state index in [0.717, 1.165) is 88.6 Å². The number of fused-ring (bicyclic) bond motifs is 2. The maximum absolute atomic E-state index is 13.7. The number of nitrogens with zero attached hydrogens (tertiary/aromatic N) is 7. The van der Waals surface area contributed by atoms with Gasteiger partial charge in [0.1, 0.15) is 5.82 Å². The normalized spacial score (nSPS) is 24.1. The Morgan fingerprint density at radius 1 is 1.05 bits per heavy atom. The van der Waals surface area contributed by atoms with Crippen LogP contribution in [0.25, 0.3) is 10.9 Å². The van der Waals surface area contributed by atoms with Crippen LogP contribution in [-0.4, -0.2) is 83.2 Å². The number of benzene rings is 1. The molecule has 1 aromatic carbocycles. The molecule has 2 unspecified atom stereocenters. The third kappa shape index (κ3) is 4.59. The number of likely N-dealkylation sites (tertiary alicyclic amines) is 1. The van der Waals surface area contributed by atoms with Crippen LogP contribution in [0.4, 0.5) is 11.5 Å². The Labute approximate surface area is 235 Å². The molecule has 4 aliphatic heterocycles. The minimum atomic E-state index is -0.105. The van der Waals surface area contributed by atoms with Crippen LogP contribution in [0.2, 0.25) is 0 Å². The predicted molar refractivity (Wildman–Crippen MR) is 157 cm³/mol. The molecular weight excluding hydrogens is 504 g/mol. The first kappa shape index (κ1) is 26.0. The van der Waals surface area contributed by atoms with Gasteiger partial charge in [0.25, 0.3) is 0 Å². The van der Waals surface area contributed by atoms with E-state index in [0.29, 0.717) is 19.1 Å². The van der Waals surface area contributed by atoms with Gasteiger partial charge in [-0.15, -0.1) is 0 Å². The number of hydrogen-bond acceptors (Lipinski definition) is 8. The van der Waals surface area contributed by atoms with E-state index in [9.17, 15) is 4.79 Å². The summed E-state index contributed by atoms with van der Waals surface area (Å²) in [4.78, 5) is 25.6. The van der Waals surface area contributed by atoms with Crippen molar-refractivity contribution in [1.82, 2.24) is 29.5 Å².